The minimum Gasteiger partial charge on any atom is -0.299 e. The monoisotopic (exact) mass is 381 g/mol. The second-order valence-electron chi connectivity index (χ2n) is 7.45. The van der Waals surface area contributed by atoms with Crippen LogP contribution in [0, 0.1) is 17.2 Å². The van der Waals surface area contributed by atoms with Crippen molar-refractivity contribution >= 4 is 23.1 Å². The molecule has 2 aliphatic carbocycles. The minimum absolute atomic E-state index is 0.0386. The van der Waals surface area contributed by atoms with E-state index in [4.69, 9.17) is 5.26 Å². The van der Waals surface area contributed by atoms with Crippen LogP contribution in [0.25, 0.3) is 0 Å². The average Bonchev–Trinajstić information content (AvgIpc) is 2.76. The molecule has 6 nitrogen and oxygen atoms in total. The summed E-state index contributed by atoms with van der Waals surface area (Å²) in [5, 5.41) is 9.10. The number of rotatable bonds is 1. The van der Waals surface area contributed by atoms with Crippen molar-refractivity contribution < 1.29 is 14.4 Å². The Hall–Kier alpha value is -3.72. The first kappa shape index (κ1) is 17.4. The topological polar surface area (TPSA) is 100 Å². The van der Waals surface area contributed by atoms with Gasteiger partial charge in [-0.2, -0.15) is 5.26 Å². The number of carbonyl (C=O) groups excluding carboxylic acids is 3. The van der Waals surface area contributed by atoms with Gasteiger partial charge in [-0.25, -0.2) is 0 Å². The molecule has 2 atom stereocenters. The number of nitriles is 1. The first-order chi connectivity index (χ1) is 14.1. The summed E-state index contributed by atoms with van der Waals surface area (Å²) < 4.78 is 0. The van der Waals surface area contributed by atoms with E-state index in [0.717, 1.165) is 5.56 Å². The molecule has 1 fully saturated rings. The quantitative estimate of drug-likeness (QED) is 0.755. The first-order valence-corrected chi connectivity index (χ1v) is 9.48. The van der Waals surface area contributed by atoms with Crippen molar-refractivity contribution in [1.29, 1.82) is 5.26 Å². The van der Waals surface area contributed by atoms with Gasteiger partial charge in [0.25, 0.3) is 0 Å². The summed E-state index contributed by atoms with van der Waals surface area (Å²) in [6.45, 7) is 0. The van der Waals surface area contributed by atoms with Crippen LogP contribution >= 0.6 is 0 Å². The van der Waals surface area contributed by atoms with Gasteiger partial charge < -0.3 is 0 Å². The average molecular weight is 381 g/mol. The summed E-state index contributed by atoms with van der Waals surface area (Å²) in [6.07, 6.45) is 4.63. The highest BCUT2D eigenvalue weighted by molar-refractivity contribution is 6.29. The molecule has 6 heteroatoms. The fourth-order valence-corrected chi connectivity index (χ4v) is 4.55. The van der Waals surface area contributed by atoms with Crippen LogP contribution < -0.4 is 0 Å². The van der Waals surface area contributed by atoms with Gasteiger partial charge in [0, 0.05) is 41.6 Å². The third kappa shape index (κ3) is 2.51. The van der Waals surface area contributed by atoms with Crippen molar-refractivity contribution in [2.45, 2.75) is 25.2 Å². The molecule has 2 heterocycles. The van der Waals surface area contributed by atoms with Gasteiger partial charge in [0.05, 0.1) is 23.1 Å². The summed E-state index contributed by atoms with van der Waals surface area (Å²) in [5.74, 6) is -1.69. The molecular weight excluding hydrogens is 366 g/mol. The highest BCUT2D eigenvalue weighted by Crippen LogP contribution is 2.46. The van der Waals surface area contributed by atoms with Gasteiger partial charge in [0.15, 0.2) is 5.78 Å². The fraction of sp³-hybridized carbons (Fsp3) is 0.217. The van der Waals surface area contributed by atoms with E-state index < -0.39 is 11.8 Å². The maximum Gasteiger partial charge on any atom is 0.214 e. The molecule has 5 rings (SSSR count). The molecule has 1 saturated carbocycles. The molecular formula is C23H15N3O3. The molecule has 1 aromatic heterocycles. The van der Waals surface area contributed by atoms with Gasteiger partial charge >= 0.3 is 0 Å². The van der Waals surface area contributed by atoms with Crippen molar-refractivity contribution in [2.24, 2.45) is 10.9 Å². The molecule has 0 bridgehead atoms. The maximum absolute atomic E-state index is 13.4. The normalized spacial score (nSPS) is 23.0. The Morgan fingerprint density at radius 1 is 0.931 bits per heavy atom. The SMILES string of the molecule is N#Cc1ccc(C2C3=C(N=C4CCCC(=O)C42)C(=O)c2cnccc2C3=O)cc1. The Labute approximate surface area is 166 Å². The molecule has 0 N–H and O–H groups in total. The van der Waals surface area contributed by atoms with Gasteiger partial charge in [-0.1, -0.05) is 12.1 Å². The van der Waals surface area contributed by atoms with Crippen molar-refractivity contribution in [2.75, 3.05) is 0 Å². The molecule has 3 aliphatic rings. The predicted octanol–water partition coefficient (Wildman–Crippen LogP) is 3.19. The molecule has 140 valence electrons. The molecule has 2 unspecified atom stereocenters. The Morgan fingerprint density at radius 2 is 1.72 bits per heavy atom. The highest BCUT2D eigenvalue weighted by atomic mass is 16.1. The highest BCUT2D eigenvalue weighted by Gasteiger charge is 2.47. The maximum atomic E-state index is 13.4. The van der Waals surface area contributed by atoms with E-state index in [1.165, 1.54) is 18.5 Å². The Morgan fingerprint density at radius 3 is 2.48 bits per heavy atom. The lowest BCUT2D eigenvalue weighted by Crippen LogP contribution is -2.41. The molecule has 0 saturated heterocycles. The van der Waals surface area contributed by atoms with Gasteiger partial charge in [0.1, 0.15) is 11.5 Å². The molecule has 0 amide bonds. The number of benzene rings is 1. The molecule has 1 aromatic carbocycles. The summed E-state index contributed by atoms with van der Waals surface area (Å²) in [4.78, 5) is 48.0. The molecule has 0 radical (unpaired) electrons. The number of hydrogen-bond donors (Lipinski definition) is 0. The standard InChI is InChI=1S/C23H15N3O3/c24-10-12-4-6-13(7-5-12)18-19-16(2-1-3-17(19)27)26-21-20(18)22(28)14-8-9-25-11-15(14)23(21)29/h4-9,11,18-19H,1-3H2. The van der Waals surface area contributed by atoms with Crippen molar-refractivity contribution in [1.82, 2.24) is 4.98 Å². The van der Waals surface area contributed by atoms with Crippen LogP contribution in [0.1, 0.15) is 57.0 Å². The predicted molar refractivity (Wildman–Crippen MR) is 104 cm³/mol. The van der Waals surface area contributed by atoms with Gasteiger partial charge in [-0.3, -0.25) is 24.4 Å². The number of pyridine rings is 1. The third-order valence-corrected chi connectivity index (χ3v) is 5.89. The lowest BCUT2D eigenvalue weighted by molar-refractivity contribution is -0.121. The van der Waals surface area contributed by atoms with E-state index in [0.29, 0.717) is 36.1 Å². The summed E-state index contributed by atoms with van der Waals surface area (Å²) in [7, 11) is 0. The molecule has 1 aliphatic heterocycles. The second kappa shape index (κ2) is 6.42. The Balaban J connectivity index is 1.76. The number of aromatic nitrogens is 1. The number of fused-ring (bicyclic) bond motifs is 2. The molecule has 2 aromatic rings. The smallest absolute Gasteiger partial charge is 0.214 e. The van der Waals surface area contributed by atoms with E-state index in [-0.39, 0.29) is 34.2 Å². The summed E-state index contributed by atoms with van der Waals surface area (Å²) in [5.41, 5.74) is 2.85. The zero-order valence-corrected chi connectivity index (χ0v) is 15.4. The van der Waals surface area contributed by atoms with Crippen LogP contribution in [0.5, 0.6) is 0 Å². The number of ketones is 3. The van der Waals surface area contributed by atoms with Crippen molar-refractivity contribution in [3.05, 3.63) is 76.2 Å². The van der Waals surface area contributed by atoms with Crippen LogP contribution in [-0.4, -0.2) is 28.0 Å². The van der Waals surface area contributed by atoms with Crippen molar-refractivity contribution in [3.63, 3.8) is 0 Å². The van der Waals surface area contributed by atoms with Gasteiger partial charge in [-0.15, -0.1) is 0 Å². The van der Waals surface area contributed by atoms with E-state index in [1.807, 2.05) is 0 Å². The Bertz CT molecular complexity index is 1200. The zero-order chi connectivity index (χ0) is 20.1. The van der Waals surface area contributed by atoms with Gasteiger partial charge in [0.2, 0.25) is 5.78 Å². The molecule has 29 heavy (non-hydrogen) atoms. The van der Waals surface area contributed by atoms with E-state index in [2.05, 4.69) is 16.0 Å². The second-order valence-corrected chi connectivity index (χ2v) is 7.45. The number of carbonyl (C=O) groups is 3. The van der Waals surface area contributed by atoms with E-state index in [1.54, 1.807) is 24.3 Å². The first-order valence-electron chi connectivity index (χ1n) is 9.48. The van der Waals surface area contributed by atoms with Crippen LogP contribution in [-0.2, 0) is 4.79 Å². The fourth-order valence-electron chi connectivity index (χ4n) is 4.55. The zero-order valence-electron chi connectivity index (χ0n) is 15.4. The van der Waals surface area contributed by atoms with Crippen LogP contribution in [0.15, 0.2) is 59.0 Å². The number of allylic oxidation sites excluding steroid dienone is 2. The number of nitrogens with zero attached hydrogens (tertiary/aromatic N) is 3. The van der Waals surface area contributed by atoms with Crippen molar-refractivity contribution in [3.8, 4) is 6.07 Å². The lowest BCUT2D eigenvalue weighted by atomic mass is 9.66. The minimum atomic E-state index is -0.573. The third-order valence-electron chi connectivity index (χ3n) is 5.89. The Kier molecular flexibility index (Phi) is 3.85. The summed E-state index contributed by atoms with van der Waals surface area (Å²) >= 11 is 0. The van der Waals surface area contributed by atoms with Crippen LogP contribution in [0.4, 0.5) is 0 Å². The largest absolute Gasteiger partial charge is 0.299 e. The van der Waals surface area contributed by atoms with E-state index >= 15 is 0 Å². The van der Waals surface area contributed by atoms with E-state index in [9.17, 15) is 14.4 Å². The van der Waals surface area contributed by atoms with Crippen LogP contribution in [0.3, 0.4) is 0 Å². The molecule has 0 spiro atoms. The summed E-state index contributed by atoms with van der Waals surface area (Å²) in [6, 6.07) is 10.5. The number of aliphatic imine (C=N–C) groups is 1. The van der Waals surface area contributed by atoms with Gasteiger partial charge in [-0.05, 0) is 36.6 Å². The number of hydrogen-bond acceptors (Lipinski definition) is 6. The van der Waals surface area contributed by atoms with Crippen LogP contribution in [0.2, 0.25) is 0 Å². The lowest BCUT2D eigenvalue weighted by Gasteiger charge is -2.37. The number of Topliss-reactive ketones (excluding diaryl/α,β-unsaturated/α-hetero) is 3.